The molecule has 0 saturated carbocycles. The standard InChI is InChI=1S/C20H15NO/c1-22-20-9-5-4-8-17(20)19-13-11-16-15-7-3-2-6-14(15)10-12-18(16)21-19/h2-13H,1H3. The van der Waals surface area contributed by atoms with Crippen LogP contribution in [0.2, 0.25) is 0 Å². The largest absolute Gasteiger partial charge is 0.496 e. The van der Waals surface area contributed by atoms with E-state index in [0.29, 0.717) is 0 Å². The highest BCUT2D eigenvalue weighted by Gasteiger charge is 2.08. The Kier molecular flexibility index (Phi) is 3.01. The fourth-order valence-corrected chi connectivity index (χ4v) is 2.89. The van der Waals surface area contributed by atoms with E-state index in [0.717, 1.165) is 22.5 Å². The number of para-hydroxylation sites is 1. The Labute approximate surface area is 129 Å². The summed E-state index contributed by atoms with van der Waals surface area (Å²) in [4.78, 5) is 4.82. The second kappa shape index (κ2) is 5.15. The maximum Gasteiger partial charge on any atom is 0.128 e. The lowest BCUT2D eigenvalue weighted by Gasteiger charge is -2.09. The first-order valence-electron chi connectivity index (χ1n) is 7.29. The number of hydrogen-bond donors (Lipinski definition) is 0. The number of ether oxygens (including phenoxy) is 1. The lowest BCUT2D eigenvalue weighted by molar-refractivity contribution is 0.416. The summed E-state index contributed by atoms with van der Waals surface area (Å²) in [6, 6.07) is 24.8. The molecule has 2 heteroatoms. The van der Waals surface area contributed by atoms with Crippen LogP contribution in [0.5, 0.6) is 5.75 Å². The molecule has 0 bridgehead atoms. The average Bonchev–Trinajstić information content (AvgIpc) is 2.61. The van der Waals surface area contributed by atoms with Crippen LogP contribution in [-0.2, 0) is 0 Å². The van der Waals surface area contributed by atoms with E-state index in [1.54, 1.807) is 7.11 Å². The molecule has 0 atom stereocenters. The summed E-state index contributed by atoms with van der Waals surface area (Å²) >= 11 is 0. The van der Waals surface area contributed by atoms with Gasteiger partial charge in [-0.25, -0.2) is 4.98 Å². The van der Waals surface area contributed by atoms with Crippen LogP contribution >= 0.6 is 0 Å². The molecule has 4 rings (SSSR count). The highest BCUT2D eigenvalue weighted by molar-refractivity contribution is 6.06. The van der Waals surface area contributed by atoms with E-state index in [-0.39, 0.29) is 0 Å². The Morgan fingerprint density at radius 3 is 2.45 bits per heavy atom. The van der Waals surface area contributed by atoms with Crippen molar-refractivity contribution in [3.8, 4) is 17.0 Å². The molecule has 0 saturated heterocycles. The molecule has 1 heterocycles. The quantitative estimate of drug-likeness (QED) is 0.480. The van der Waals surface area contributed by atoms with Gasteiger partial charge in [0.05, 0.1) is 18.3 Å². The second-order valence-corrected chi connectivity index (χ2v) is 5.25. The molecule has 1 aromatic heterocycles. The molecule has 3 aromatic carbocycles. The molecule has 0 aliphatic carbocycles. The zero-order valence-corrected chi connectivity index (χ0v) is 12.3. The maximum atomic E-state index is 5.44. The monoisotopic (exact) mass is 285 g/mol. The van der Waals surface area contributed by atoms with Gasteiger partial charge < -0.3 is 4.74 Å². The maximum absolute atomic E-state index is 5.44. The van der Waals surface area contributed by atoms with Gasteiger partial charge in [0.15, 0.2) is 0 Å². The van der Waals surface area contributed by atoms with Gasteiger partial charge in [0, 0.05) is 10.9 Å². The molecular weight excluding hydrogens is 270 g/mol. The van der Waals surface area contributed by atoms with Gasteiger partial charge in [-0.15, -0.1) is 0 Å². The summed E-state index contributed by atoms with van der Waals surface area (Å²) < 4.78 is 5.44. The predicted molar refractivity (Wildman–Crippen MR) is 91.2 cm³/mol. The summed E-state index contributed by atoms with van der Waals surface area (Å²) in [7, 11) is 1.69. The topological polar surface area (TPSA) is 22.1 Å². The van der Waals surface area contributed by atoms with Gasteiger partial charge in [-0.3, -0.25) is 0 Å². The Hall–Kier alpha value is -2.87. The highest BCUT2D eigenvalue weighted by atomic mass is 16.5. The molecule has 4 aromatic rings. The molecular formula is C20H15NO. The molecule has 0 fully saturated rings. The van der Waals surface area contributed by atoms with Crippen LogP contribution in [0.15, 0.2) is 72.8 Å². The first kappa shape index (κ1) is 12.8. The van der Waals surface area contributed by atoms with E-state index in [1.807, 2.05) is 24.3 Å². The van der Waals surface area contributed by atoms with Gasteiger partial charge in [-0.2, -0.15) is 0 Å². The molecule has 0 spiro atoms. The molecule has 0 amide bonds. The highest BCUT2D eigenvalue weighted by Crippen LogP contribution is 2.31. The van der Waals surface area contributed by atoms with Crippen LogP contribution in [-0.4, -0.2) is 12.1 Å². The van der Waals surface area contributed by atoms with Crippen LogP contribution in [0.25, 0.3) is 32.9 Å². The molecule has 0 unspecified atom stereocenters. The predicted octanol–water partition coefficient (Wildman–Crippen LogP) is 5.06. The smallest absolute Gasteiger partial charge is 0.128 e. The molecule has 106 valence electrons. The van der Waals surface area contributed by atoms with Crippen molar-refractivity contribution in [3.63, 3.8) is 0 Å². The lowest BCUT2D eigenvalue weighted by atomic mass is 10.0. The van der Waals surface area contributed by atoms with Crippen molar-refractivity contribution in [3.05, 3.63) is 72.8 Å². The summed E-state index contributed by atoms with van der Waals surface area (Å²) in [6.07, 6.45) is 0. The second-order valence-electron chi connectivity index (χ2n) is 5.25. The minimum absolute atomic E-state index is 0.843. The van der Waals surface area contributed by atoms with Crippen molar-refractivity contribution in [1.82, 2.24) is 4.98 Å². The number of rotatable bonds is 2. The Bertz CT molecular complexity index is 975. The van der Waals surface area contributed by atoms with Gasteiger partial charge in [0.2, 0.25) is 0 Å². The van der Waals surface area contributed by atoms with Gasteiger partial charge in [0.1, 0.15) is 5.75 Å². The number of pyridine rings is 1. The van der Waals surface area contributed by atoms with Crippen molar-refractivity contribution in [2.75, 3.05) is 7.11 Å². The van der Waals surface area contributed by atoms with Crippen LogP contribution in [0.4, 0.5) is 0 Å². The van der Waals surface area contributed by atoms with Gasteiger partial charge in [0.25, 0.3) is 0 Å². The fraction of sp³-hybridized carbons (Fsp3) is 0.0500. The van der Waals surface area contributed by atoms with E-state index >= 15 is 0 Å². The number of aromatic nitrogens is 1. The fourth-order valence-electron chi connectivity index (χ4n) is 2.89. The molecule has 0 aliphatic heterocycles. The third-order valence-corrected chi connectivity index (χ3v) is 3.98. The Morgan fingerprint density at radius 1 is 0.727 bits per heavy atom. The summed E-state index contributed by atoms with van der Waals surface area (Å²) in [5.74, 6) is 0.843. The molecule has 0 aliphatic rings. The summed E-state index contributed by atoms with van der Waals surface area (Å²) in [5, 5.41) is 3.65. The van der Waals surface area contributed by atoms with Gasteiger partial charge in [-0.05, 0) is 35.0 Å². The molecule has 0 N–H and O–H groups in total. The van der Waals surface area contributed by atoms with Crippen molar-refractivity contribution in [2.24, 2.45) is 0 Å². The lowest BCUT2D eigenvalue weighted by Crippen LogP contribution is -1.90. The summed E-state index contributed by atoms with van der Waals surface area (Å²) in [6.45, 7) is 0. The Balaban J connectivity index is 1.96. The molecule has 22 heavy (non-hydrogen) atoms. The third kappa shape index (κ3) is 2.01. The number of fused-ring (bicyclic) bond motifs is 3. The van der Waals surface area contributed by atoms with Crippen LogP contribution < -0.4 is 4.74 Å². The zero-order chi connectivity index (χ0) is 14.9. The van der Waals surface area contributed by atoms with E-state index < -0.39 is 0 Å². The minimum atomic E-state index is 0.843. The van der Waals surface area contributed by atoms with Crippen LogP contribution in [0.1, 0.15) is 0 Å². The van der Waals surface area contributed by atoms with Crippen LogP contribution in [0, 0.1) is 0 Å². The minimum Gasteiger partial charge on any atom is -0.496 e. The van der Waals surface area contributed by atoms with E-state index in [1.165, 1.54) is 16.2 Å². The van der Waals surface area contributed by atoms with Crippen LogP contribution in [0.3, 0.4) is 0 Å². The number of hydrogen-bond acceptors (Lipinski definition) is 2. The van der Waals surface area contributed by atoms with Crippen molar-refractivity contribution in [1.29, 1.82) is 0 Å². The number of methoxy groups -OCH3 is 1. The van der Waals surface area contributed by atoms with Gasteiger partial charge >= 0.3 is 0 Å². The first-order chi connectivity index (χ1) is 10.9. The number of benzene rings is 3. The average molecular weight is 285 g/mol. The number of nitrogens with zero attached hydrogens (tertiary/aromatic N) is 1. The van der Waals surface area contributed by atoms with Crippen molar-refractivity contribution in [2.45, 2.75) is 0 Å². The third-order valence-electron chi connectivity index (χ3n) is 3.98. The first-order valence-corrected chi connectivity index (χ1v) is 7.29. The zero-order valence-electron chi connectivity index (χ0n) is 12.3. The molecule has 2 nitrogen and oxygen atoms in total. The van der Waals surface area contributed by atoms with E-state index in [2.05, 4.69) is 48.5 Å². The van der Waals surface area contributed by atoms with Crippen molar-refractivity contribution >= 4 is 21.7 Å². The van der Waals surface area contributed by atoms with E-state index in [9.17, 15) is 0 Å². The SMILES string of the molecule is COc1ccccc1-c1ccc2c(ccc3ccccc32)n1. The van der Waals surface area contributed by atoms with Crippen molar-refractivity contribution < 1.29 is 4.74 Å². The normalized spacial score (nSPS) is 11.0. The molecule has 0 radical (unpaired) electrons. The van der Waals surface area contributed by atoms with Gasteiger partial charge in [-0.1, -0.05) is 48.5 Å². The Morgan fingerprint density at radius 2 is 1.55 bits per heavy atom. The van der Waals surface area contributed by atoms with E-state index in [4.69, 9.17) is 9.72 Å². The summed E-state index contributed by atoms with van der Waals surface area (Å²) in [5.41, 5.74) is 2.95.